The fourth-order valence-corrected chi connectivity index (χ4v) is 2.52. The van der Waals surface area contributed by atoms with E-state index in [-0.39, 0.29) is 11.9 Å². The van der Waals surface area contributed by atoms with Crippen LogP contribution in [0.4, 0.5) is 0 Å². The van der Waals surface area contributed by atoms with Gasteiger partial charge in [-0.3, -0.25) is 9.59 Å². The topological polar surface area (TPSA) is 66.4 Å². The number of carboxylic acid groups (broad SMARTS) is 1. The van der Waals surface area contributed by atoms with Crippen molar-refractivity contribution in [2.75, 3.05) is 0 Å². The van der Waals surface area contributed by atoms with Crippen LogP contribution in [0.2, 0.25) is 0 Å². The van der Waals surface area contributed by atoms with Gasteiger partial charge in [-0.1, -0.05) is 42.5 Å². The average molecular weight is 273 g/mol. The number of aliphatic carboxylic acids is 1. The van der Waals surface area contributed by atoms with Crippen molar-refractivity contribution in [3.05, 3.63) is 48.0 Å². The molecule has 0 fully saturated rings. The number of carbonyl (C=O) groups excluding carboxylic acids is 1. The molecule has 1 amide bonds. The molecule has 0 bridgehead atoms. The number of hydrogen-bond donors (Lipinski definition) is 2. The highest BCUT2D eigenvalue weighted by Gasteiger charge is 2.34. The zero-order valence-electron chi connectivity index (χ0n) is 11.5. The number of rotatable bonds is 4. The Morgan fingerprint density at radius 1 is 1.15 bits per heavy atom. The van der Waals surface area contributed by atoms with Crippen molar-refractivity contribution >= 4 is 11.9 Å². The summed E-state index contributed by atoms with van der Waals surface area (Å²) in [5.41, 5.74) is 1.01. The van der Waals surface area contributed by atoms with Gasteiger partial charge in [0, 0.05) is 0 Å². The fraction of sp³-hybridized carbons (Fsp3) is 0.375. The first-order chi connectivity index (χ1) is 9.59. The molecule has 4 nitrogen and oxygen atoms in total. The number of hydrogen-bond acceptors (Lipinski definition) is 2. The third-order valence-corrected chi connectivity index (χ3v) is 3.74. The van der Waals surface area contributed by atoms with Crippen molar-refractivity contribution in [2.45, 2.75) is 25.8 Å². The highest BCUT2D eigenvalue weighted by atomic mass is 16.4. The van der Waals surface area contributed by atoms with Crippen molar-refractivity contribution in [3.63, 3.8) is 0 Å². The normalized spacial score (nSPS) is 23.1. The molecule has 2 N–H and O–H groups in total. The predicted molar refractivity (Wildman–Crippen MR) is 76.0 cm³/mol. The van der Waals surface area contributed by atoms with Gasteiger partial charge in [0.05, 0.1) is 17.9 Å². The molecule has 106 valence electrons. The number of carboxylic acids is 1. The van der Waals surface area contributed by atoms with Crippen LogP contribution in [0.15, 0.2) is 42.5 Å². The molecule has 0 saturated carbocycles. The molecular weight excluding hydrogens is 254 g/mol. The summed E-state index contributed by atoms with van der Waals surface area (Å²) in [5, 5.41) is 12.1. The van der Waals surface area contributed by atoms with E-state index in [0.29, 0.717) is 12.8 Å². The predicted octanol–water partition coefficient (Wildman–Crippen LogP) is 2.53. The van der Waals surface area contributed by atoms with Gasteiger partial charge in [-0.15, -0.1) is 0 Å². The zero-order chi connectivity index (χ0) is 14.5. The van der Waals surface area contributed by atoms with Gasteiger partial charge >= 0.3 is 5.97 Å². The largest absolute Gasteiger partial charge is 0.481 e. The standard InChI is InChI=1S/C16H19NO3/c1-11(12-7-3-2-4-8-12)17-15(18)13-9-5-6-10-14(13)16(19)20/h2-8,11,13-14H,9-10H2,1H3,(H,17,18)(H,19,20). The quantitative estimate of drug-likeness (QED) is 0.828. The lowest BCUT2D eigenvalue weighted by molar-refractivity contribution is -0.147. The van der Waals surface area contributed by atoms with Crippen LogP contribution in [-0.4, -0.2) is 17.0 Å². The van der Waals surface area contributed by atoms with Gasteiger partial charge in [0.1, 0.15) is 0 Å². The van der Waals surface area contributed by atoms with E-state index in [1.807, 2.05) is 49.4 Å². The first kappa shape index (κ1) is 14.3. The second kappa shape index (κ2) is 6.37. The minimum absolute atomic E-state index is 0.121. The summed E-state index contributed by atoms with van der Waals surface area (Å²) in [4.78, 5) is 23.5. The van der Waals surface area contributed by atoms with Crippen LogP contribution < -0.4 is 5.32 Å². The number of allylic oxidation sites excluding steroid dienone is 2. The van der Waals surface area contributed by atoms with E-state index in [9.17, 15) is 14.7 Å². The molecule has 0 heterocycles. The second-order valence-electron chi connectivity index (χ2n) is 5.13. The molecular formula is C16H19NO3. The Bertz CT molecular complexity index is 510. The minimum atomic E-state index is -0.901. The molecule has 0 saturated heterocycles. The summed E-state index contributed by atoms with van der Waals surface area (Å²) in [6.07, 6.45) is 4.64. The Morgan fingerprint density at radius 2 is 1.75 bits per heavy atom. The Morgan fingerprint density at radius 3 is 2.35 bits per heavy atom. The van der Waals surface area contributed by atoms with Crippen LogP contribution >= 0.6 is 0 Å². The number of amides is 1. The monoisotopic (exact) mass is 273 g/mol. The Kier molecular flexibility index (Phi) is 4.56. The molecule has 0 aromatic heterocycles. The van der Waals surface area contributed by atoms with Gasteiger partial charge in [0.25, 0.3) is 0 Å². The van der Waals surface area contributed by atoms with E-state index >= 15 is 0 Å². The van der Waals surface area contributed by atoms with Gasteiger partial charge in [-0.25, -0.2) is 0 Å². The highest BCUT2D eigenvalue weighted by molar-refractivity contribution is 5.85. The molecule has 4 heteroatoms. The van der Waals surface area contributed by atoms with Gasteiger partial charge < -0.3 is 10.4 Å². The van der Waals surface area contributed by atoms with Crippen LogP contribution in [0.25, 0.3) is 0 Å². The number of carbonyl (C=O) groups is 2. The molecule has 1 aliphatic rings. The Labute approximate surface area is 118 Å². The maximum absolute atomic E-state index is 12.3. The molecule has 0 spiro atoms. The third kappa shape index (κ3) is 3.26. The van der Waals surface area contributed by atoms with Crippen LogP contribution in [0, 0.1) is 11.8 Å². The Balaban J connectivity index is 2.04. The van der Waals surface area contributed by atoms with E-state index < -0.39 is 17.8 Å². The van der Waals surface area contributed by atoms with Crippen molar-refractivity contribution in [1.82, 2.24) is 5.32 Å². The molecule has 1 aromatic carbocycles. The van der Waals surface area contributed by atoms with E-state index in [4.69, 9.17) is 0 Å². The SMILES string of the molecule is CC(NC(=O)C1CC=CCC1C(=O)O)c1ccccc1. The van der Waals surface area contributed by atoms with Crippen molar-refractivity contribution < 1.29 is 14.7 Å². The molecule has 1 aromatic rings. The first-order valence-corrected chi connectivity index (χ1v) is 6.82. The second-order valence-corrected chi connectivity index (χ2v) is 5.13. The van der Waals surface area contributed by atoms with Crippen LogP contribution in [0.3, 0.4) is 0 Å². The molecule has 20 heavy (non-hydrogen) atoms. The summed E-state index contributed by atoms with van der Waals surface area (Å²) in [6.45, 7) is 1.90. The van der Waals surface area contributed by atoms with E-state index in [0.717, 1.165) is 5.56 Å². The van der Waals surface area contributed by atoms with Crippen molar-refractivity contribution in [2.24, 2.45) is 11.8 Å². The van der Waals surface area contributed by atoms with E-state index in [1.165, 1.54) is 0 Å². The number of benzene rings is 1. The zero-order valence-corrected chi connectivity index (χ0v) is 11.5. The van der Waals surface area contributed by atoms with Crippen molar-refractivity contribution in [3.8, 4) is 0 Å². The van der Waals surface area contributed by atoms with Crippen molar-refractivity contribution in [1.29, 1.82) is 0 Å². The van der Waals surface area contributed by atoms with Gasteiger partial charge in [0.15, 0.2) is 0 Å². The van der Waals surface area contributed by atoms with Crippen LogP contribution in [0.5, 0.6) is 0 Å². The summed E-state index contributed by atoms with van der Waals surface area (Å²) in [6, 6.07) is 9.53. The molecule has 1 aliphatic carbocycles. The molecule has 0 aliphatic heterocycles. The highest BCUT2D eigenvalue weighted by Crippen LogP contribution is 2.27. The third-order valence-electron chi connectivity index (χ3n) is 3.74. The Hall–Kier alpha value is -2.10. The lowest BCUT2D eigenvalue weighted by Crippen LogP contribution is -2.39. The molecule has 2 rings (SSSR count). The van der Waals surface area contributed by atoms with Gasteiger partial charge in [-0.2, -0.15) is 0 Å². The summed E-state index contributed by atoms with van der Waals surface area (Å²) < 4.78 is 0. The van der Waals surface area contributed by atoms with Gasteiger partial charge in [0.2, 0.25) is 5.91 Å². The summed E-state index contributed by atoms with van der Waals surface area (Å²) in [5.74, 6) is -2.19. The molecule has 3 atom stereocenters. The molecule has 3 unspecified atom stereocenters. The number of nitrogens with one attached hydrogen (secondary N) is 1. The van der Waals surface area contributed by atoms with E-state index in [2.05, 4.69) is 5.32 Å². The van der Waals surface area contributed by atoms with Gasteiger partial charge in [-0.05, 0) is 25.3 Å². The minimum Gasteiger partial charge on any atom is -0.481 e. The maximum atomic E-state index is 12.3. The first-order valence-electron chi connectivity index (χ1n) is 6.82. The van der Waals surface area contributed by atoms with Crippen LogP contribution in [0.1, 0.15) is 31.4 Å². The summed E-state index contributed by atoms with van der Waals surface area (Å²) in [7, 11) is 0. The molecule has 0 radical (unpaired) electrons. The van der Waals surface area contributed by atoms with E-state index in [1.54, 1.807) is 0 Å². The summed E-state index contributed by atoms with van der Waals surface area (Å²) >= 11 is 0. The smallest absolute Gasteiger partial charge is 0.307 e. The lowest BCUT2D eigenvalue weighted by Gasteiger charge is -2.26. The lowest BCUT2D eigenvalue weighted by atomic mass is 9.82. The maximum Gasteiger partial charge on any atom is 0.307 e. The average Bonchev–Trinajstić information content (AvgIpc) is 2.48. The fourth-order valence-electron chi connectivity index (χ4n) is 2.52. The van der Waals surface area contributed by atoms with Crippen LogP contribution in [-0.2, 0) is 9.59 Å².